The van der Waals surface area contributed by atoms with Gasteiger partial charge in [0.25, 0.3) is 0 Å². The molecule has 2 fully saturated rings. The molecule has 0 aromatic heterocycles. The van der Waals surface area contributed by atoms with E-state index in [0.29, 0.717) is 25.9 Å². The third-order valence-corrected chi connectivity index (χ3v) is 5.46. The van der Waals surface area contributed by atoms with Gasteiger partial charge in [-0.1, -0.05) is 6.07 Å². The third kappa shape index (κ3) is 4.34. The first-order valence-corrected chi connectivity index (χ1v) is 9.47. The van der Waals surface area contributed by atoms with Crippen LogP contribution in [-0.2, 0) is 16.0 Å². The normalized spacial score (nSPS) is 18.2. The number of methoxy groups -OCH3 is 1. The molecule has 0 atom stereocenters. The summed E-state index contributed by atoms with van der Waals surface area (Å²) in [6, 6.07) is 4.80. The third-order valence-electron chi connectivity index (χ3n) is 5.46. The van der Waals surface area contributed by atoms with E-state index < -0.39 is 5.82 Å². The van der Waals surface area contributed by atoms with Crippen LogP contribution in [0.1, 0.15) is 37.7 Å². The zero-order valence-electron chi connectivity index (χ0n) is 15.4. The summed E-state index contributed by atoms with van der Waals surface area (Å²) in [5, 5.41) is 0. The molecule has 2 heterocycles. The molecule has 0 aliphatic carbocycles. The fraction of sp³-hybridized carbons (Fsp3) is 0.600. The molecule has 0 unspecified atom stereocenters. The van der Waals surface area contributed by atoms with E-state index in [4.69, 9.17) is 4.74 Å². The Kier molecular flexibility index (Phi) is 6.12. The van der Waals surface area contributed by atoms with Gasteiger partial charge >= 0.3 is 0 Å². The maximum atomic E-state index is 13.7. The van der Waals surface area contributed by atoms with Gasteiger partial charge in [0.1, 0.15) is 0 Å². The number of aryl methyl sites for hydroxylation is 1. The number of rotatable bonds is 5. The van der Waals surface area contributed by atoms with Crippen molar-refractivity contribution in [2.75, 3.05) is 33.3 Å². The Balaban J connectivity index is 1.45. The molecule has 1 aromatic rings. The average Bonchev–Trinajstić information content (AvgIpc) is 3.20. The van der Waals surface area contributed by atoms with Gasteiger partial charge in [0, 0.05) is 38.5 Å². The van der Waals surface area contributed by atoms with Crippen LogP contribution in [0.4, 0.5) is 4.39 Å². The molecule has 2 aliphatic rings. The van der Waals surface area contributed by atoms with Crippen molar-refractivity contribution in [3.8, 4) is 5.75 Å². The number of nitrogens with zero attached hydrogens (tertiary/aromatic N) is 2. The van der Waals surface area contributed by atoms with Crippen molar-refractivity contribution in [1.82, 2.24) is 9.80 Å². The number of ether oxygens (including phenoxy) is 1. The van der Waals surface area contributed by atoms with Crippen molar-refractivity contribution in [3.63, 3.8) is 0 Å². The molecule has 2 saturated heterocycles. The van der Waals surface area contributed by atoms with E-state index in [-0.39, 0.29) is 23.5 Å². The Morgan fingerprint density at radius 3 is 2.42 bits per heavy atom. The van der Waals surface area contributed by atoms with Crippen LogP contribution >= 0.6 is 0 Å². The van der Waals surface area contributed by atoms with Crippen LogP contribution in [-0.4, -0.2) is 54.9 Å². The Bertz CT molecular complexity index is 650. The molecule has 0 N–H and O–H groups in total. The number of hydrogen-bond donors (Lipinski definition) is 0. The molecule has 2 aliphatic heterocycles. The quantitative estimate of drug-likeness (QED) is 0.809. The maximum absolute atomic E-state index is 13.7. The minimum atomic E-state index is -0.404. The average molecular weight is 362 g/mol. The summed E-state index contributed by atoms with van der Waals surface area (Å²) in [5.41, 5.74) is 0.788. The molecule has 142 valence electrons. The summed E-state index contributed by atoms with van der Waals surface area (Å²) in [6.45, 7) is 3.05. The standard InChI is InChI=1S/C20H27FN2O3/c1-26-18-6-4-15(14-17(18)21)5-7-19(24)22-12-8-16(9-13-22)20(25)23-10-2-3-11-23/h4,6,14,16H,2-3,5,7-13H2,1H3. The molecular weight excluding hydrogens is 335 g/mol. The van der Waals surface area contributed by atoms with E-state index in [1.54, 1.807) is 12.1 Å². The van der Waals surface area contributed by atoms with E-state index >= 15 is 0 Å². The van der Waals surface area contributed by atoms with Gasteiger partial charge in [0.2, 0.25) is 11.8 Å². The van der Waals surface area contributed by atoms with Gasteiger partial charge in [-0.3, -0.25) is 9.59 Å². The molecule has 0 bridgehead atoms. The Morgan fingerprint density at radius 2 is 1.81 bits per heavy atom. The number of halogens is 1. The van der Waals surface area contributed by atoms with Gasteiger partial charge in [-0.2, -0.15) is 0 Å². The predicted molar refractivity (Wildman–Crippen MR) is 96.4 cm³/mol. The lowest BCUT2D eigenvalue weighted by Gasteiger charge is -2.33. The van der Waals surface area contributed by atoms with Crippen molar-refractivity contribution in [3.05, 3.63) is 29.6 Å². The first-order valence-electron chi connectivity index (χ1n) is 9.47. The fourth-order valence-electron chi connectivity index (χ4n) is 3.85. The van der Waals surface area contributed by atoms with Crippen LogP contribution in [0.15, 0.2) is 18.2 Å². The summed E-state index contributed by atoms with van der Waals surface area (Å²) in [5.74, 6) is 0.216. The van der Waals surface area contributed by atoms with Crippen molar-refractivity contribution in [2.45, 2.75) is 38.5 Å². The minimum Gasteiger partial charge on any atom is -0.494 e. The van der Waals surface area contributed by atoms with E-state index in [1.165, 1.54) is 13.2 Å². The van der Waals surface area contributed by atoms with Crippen LogP contribution in [0, 0.1) is 11.7 Å². The van der Waals surface area contributed by atoms with Gasteiger partial charge in [0.15, 0.2) is 11.6 Å². The summed E-state index contributed by atoms with van der Waals surface area (Å²) in [4.78, 5) is 28.7. The summed E-state index contributed by atoms with van der Waals surface area (Å²) in [7, 11) is 1.43. The molecule has 5 nitrogen and oxygen atoms in total. The van der Waals surface area contributed by atoms with E-state index in [1.807, 2.05) is 9.80 Å². The number of carbonyl (C=O) groups excluding carboxylic acids is 2. The van der Waals surface area contributed by atoms with Gasteiger partial charge < -0.3 is 14.5 Å². The molecule has 0 saturated carbocycles. The number of hydrogen-bond acceptors (Lipinski definition) is 3. The number of likely N-dealkylation sites (tertiary alicyclic amines) is 2. The van der Waals surface area contributed by atoms with Gasteiger partial charge in [0.05, 0.1) is 7.11 Å². The molecule has 0 spiro atoms. The summed E-state index contributed by atoms with van der Waals surface area (Å²) >= 11 is 0. The summed E-state index contributed by atoms with van der Waals surface area (Å²) < 4.78 is 18.6. The van der Waals surface area contributed by atoms with Crippen LogP contribution in [0.5, 0.6) is 5.75 Å². The highest BCUT2D eigenvalue weighted by Crippen LogP contribution is 2.23. The van der Waals surface area contributed by atoms with Gasteiger partial charge in [-0.15, -0.1) is 0 Å². The van der Waals surface area contributed by atoms with Crippen molar-refractivity contribution in [2.24, 2.45) is 5.92 Å². The van der Waals surface area contributed by atoms with Crippen molar-refractivity contribution < 1.29 is 18.7 Å². The highest BCUT2D eigenvalue weighted by Gasteiger charge is 2.31. The second-order valence-electron chi connectivity index (χ2n) is 7.16. The second kappa shape index (κ2) is 8.52. The highest BCUT2D eigenvalue weighted by molar-refractivity contribution is 5.80. The minimum absolute atomic E-state index is 0.0628. The number of piperidine rings is 1. The van der Waals surface area contributed by atoms with E-state index in [9.17, 15) is 14.0 Å². The molecule has 6 heteroatoms. The lowest BCUT2D eigenvalue weighted by molar-refractivity contribution is -0.140. The van der Waals surface area contributed by atoms with Crippen molar-refractivity contribution >= 4 is 11.8 Å². The summed E-state index contributed by atoms with van der Waals surface area (Å²) in [6.07, 6.45) is 4.57. The van der Waals surface area contributed by atoms with Crippen LogP contribution in [0.3, 0.4) is 0 Å². The molecular formula is C20H27FN2O3. The van der Waals surface area contributed by atoms with E-state index in [2.05, 4.69) is 0 Å². The topological polar surface area (TPSA) is 49.9 Å². The Hall–Kier alpha value is -2.11. The van der Waals surface area contributed by atoms with E-state index in [0.717, 1.165) is 44.3 Å². The fourth-order valence-corrected chi connectivity index (χ4v) is 3.85. The number of amides is 2. The SMILES string of the molecule is COc1ccc(CCC(=O)N2CCC(C(=O)N3CCCC3)CC2)cc1F. The zero-order valence-corrected chi connectivity index (χ0v) is 15.4. The number of carbonyl (C=O) groups is 2. The Morgan fingerprint density at radius 1 is 1.12 bits per heavy atom. The monoisotopic (exact) mass is 362 g/mol. The lowest BCUT2D eigenvalue weighted by atomic mass is 9.95. The Labute approximate surface area is 154 Å². The maximum Gasteiger partial charge on any atom is 0.225 e. The van der Waals surface area contributed by atoms with Gasteiger partial charge in [-0.05, 0) is 49.8 Å². The lowest BCUT2D eigenvalue weighted by Crippen LogP contribution is -2.43. The molecule has 2 amide bonds. The molecule has 26 heavy (non-hydrogen) atoms. The first-order chi connectivity index (χ1) is 12.6. The smallest absolute Gasteiger partial charge is 0.225 e. The predicted octanol–water partition coefficient (Wildman–Crippen LogP) is 2.63. The molecule has 0 radical (unpaired) electrons. The zero-order chi connectivity index (χ0) is 18.5. The first kappa shape index (κ1) is 18.7. The van der Waals surface area contributed by atoms with Crippen LogP contribution in [0.2, 0.25) is 0 Å². The largest absolute Gasteiger partial charge is 0.494 e. The van der Waals surface area contributed by atoms with Crippen LogP contribution in [0.25, 0.3) is 0 Å². The highest BCUT2D eigenvalue weighted by atomic mass is 19.1. The molecule has 1 aromatic carbocycles. The second-order valence-corrected chi connectivity index (χ2v) is 7.16. The van der Waals surface area contributed by atoms with Crippen LogP contribution < -0.4 is 4.74 Å². The molecule has 3 rings (SSSR count). The van der Waals surface area contributed by atoms with Gasteiger partial charge in [-0.25, -0.2) is 4.39 Å². The number of benzene rings is 1. The van der Waals surface area contributed by atoms with Crippen molar-refractivity contribution in [1.29, 1.82) is 0 Å².